The normalized spacial score (nSPS) is 30.1. The van der Waals surface area contributed by atoms with Crippen LogP contribution < -0.4 is 0 Å². The fourth-order valence-corrected chi connectivity index (χ4v) is 1.98. The molecule has 1 fully saturated rings. The fraction of sp³-hybridized carbons (Fsp3) is 0.818. The molecular formula is C11H19ClO. The molecule has 2 atom stereocenters. The Balaban J connectivity index is 2.52. The van der Waals surface area contributed by atoms with E-state index < -0.39 is 0 Å². The predicted molar refractivity (Wildman–Crippen MR) is 57.2 cm³/mol. The van der Waals surface area contributed by atoms with Crippen molar-refractivity contribution in [3.05, 3.63) is 11.6 Å². The second kappa shape index (κ2) is 5.02. The first-order valence-electron chi connectivity index (χ1n) is 5.05. The zero-order chi connectivity index (χ0) is 9.84. The molecule has 0 bridgehead atoms. The third-order valence-corrected chi connectivity index (χ3v) is 2.87. The van der Waals surface area contributed by atoms with E-state index in [1.54, 1.807) is 0 Å². The quantitative estimate of drug-likeness (QED) is 0.504. The van der Waals surface area contributed by atoms with Gasteiger partial charge in [0, 0.05) is 5.88 Å². The molecule has 0 aromatic carbocycles. The highest BCUT2D eigenvalue weighted by atomic mass is 35.5. The number of allylic oxidation sites excluding steroid dienone is 1. The van der Waals surface area contributed by atoms with Crippen molar-refractivity contribution in [1.29, 1.82) is 0 Å². The van der Waals surface area contributed by atoms with Crippen molar-refractivity contribution < 1.29 is 4.74 Å². The molecule has 0 amide bonds. The van der Waals surface area contributed by atoms with Crippen LogP contribution in [0.2, 0.25) is 0 Å². The van der Waals surface area contributed by atoms with Crippen LogP contribution in [0.5, 0.6) is 0 Å². The molecule has 2 unspecified atom stereocenters. The van der Waals surface area contributed by atoms with Crippen molar-refractivity contribution in [1.82, 2.24) is 0 Å². The minimum Gasteiger partial charge on any atom is -0.371 e. The first kappa shape index (κ1) is 11.1. The smallest absolute Gasteiger partial charge is 0.0763 e. The first-order valence-corrected chi connectivity index (χ1v) is 5.59. The van der Waals surface area contributed by atoms with Gasteiger partial charge in [-0.05, 0) is 25.7 Å². The zero-order valence-electron chi connectivity index (χ0n) is 8.72. The second-order valence-corrected chi connectivity index (χ2v) is 4.36. The molecule has 76 valence electrons. The van der Waals surface area contributed by atoms with E-state index in [9.17, 15) is 0 Å². The summed E-state index contributed by atoms with van der Waals surface area (Å²) in [7, 11) is 0. The molecule has 1 rings (SSSR count). The number of hydrogen-bond acceptors (Lipinski definition) is 1. The molecule has 0 aromatic heterocycles. The van der Waals surface area contributed by atoms with Gasteiger partial charge in [0.2, 0.25) is 0 Å². The van der Waals surface area contributed by atoms with Crippen molar-refractivity contribution in [2.24, 2.45) is 5.92 Å². The van der Waals surface area contributed by atoms with E-state index in [2.05, 4.69) is 26.8 Å². The maximum absolute atomic E-state index is 5.85. The number of halogens is 1. The van der Waals surface area contributed by atoms with E-state index >= 15 is 0 Å². The van der Waals surface area contributed by atoms with E-state index in [0.29, 0.717) is 24.0 Å². The van der Waals surface area contributed by atoms with Crippen LogP contribution in [-0.4, -0.2) is 18.1 Å². The Morgan fingerprint density at radius 2 is 2.23 bits per heavy atom. The van der Waals surface area contributed by atoms with Gasteiger partial charge in [0.05, 0.1) is 12.2 Å². The highest BCUT2D eigenvalue weighted by Gasteiger charge is 2.20. The molecule has 2 heteroatoms. The molecule has 1 heterocycles. The van der Waals surface area contributed by atoms with E-state index in [1.165, 1.54) is 12.0 Å². The molecule has 0 radical (unpaired) electrons. The van der Waals surface area contributed by atoms with Gasteiger partial charge in [-0.3, -0.25) is 0 Å². The topological polar surface area (TPSA) is 9.23 Å². The molecule has 1 aliphatic rings. The summed E-state index contributed by atoms with van der Waals surface area (Å²) in [6, 6.07) is 0. The predicted octanol–water partition coefficient (Wildman–Crippen LogP) is 3.38. The highest BCUT2D eigenvalue weighted by molar-refractivity contribution is 6.19. The van der Waals surface area contributed by atoms with Gasteiger partial charge in [0.1, 0.15) is 0 Å². The van der Waals surface area contributed by atoms with Crippen molar-refractivity contribution in [2.75, 3.05) is 5.88 Å². The van der Waals surface area contributed by atoms with Crippen LogP contribution in [0, 0.1) is 5.92 Å². The average Bonchev–Trinajstić information content (AvgIpc) is 2.46. The molecule has 0 aromatic rings. The van der Waals surface area contributed by atoms with Crippen LogP contribution in [0.25, 0.3) is 0 Å². The Kier molecular flexibility index (Phi) is 4.27. The third-order valence-electron chi connectivity index (χ3n) is 2.56. The van der Waals surface area contributed by atoms with E-state index in [0.717, 1.165) is 6.42 Å². The number of hydrogen-bond donors (Lipinski definition) is 0. The summed E-state index contributed by atoms with van der Waals surface area (Å²) in [6.07, 6.45) is 5.26. The van der Waals surface area contributed by atoms with Crippen LogP contribution >= 0.6 is 11.6 Å². The van der Waals surface area contributed by atoms with Gasteiger partial charge in [-0.15, -0.1) is 11.6 Å². The van der Waals surface area contributed by atoms with Crippen LogP contribution in [0.3, 0.4) is 0 Å². The lowest BCUT2D eigenvalue weighted by molar-refractivity contribution is 0.0826. The fourth-order valence-electron chi connectivity index (χ4n) is 1.59. The van der Waals surface area contributed by atoms with Gasteiger partial charge in [-0.2, -0.15) is 0 Å². The van der Waals surface area contributed by atoms with Gasteiger partial charge in [0.25, 0.3) is 0 Å². The molecule has 0 spiro atoms. The Hall–Kier alpha value is -0.0100. The summed E-state index contributed by atoms with van der Waals surface area (Å²) in [5, 5.41) is 0. The Labute approximate surface area is 86.1 Å². The summed E-state index contributed by atoms with van der Waals surface area (Å²) in [6.45, 7) is 6.47. The monoisotopic (exact) mass is 202 g/mol. The van der Waals surface area contributed by atoms with Gasteiger partial charge >= 0.3 is 0 Å². The first-order chi connectivity index (χ1) is 6.13. The number of alkyl halides is 1. The molecule has 0 saturated carbocycles. The second-order valence-electron chi connectivity index (χ2n) is 4.09. The summed E-state index contributed by atoms with van der Waals surface area (Å²) < 4.78 is 5.71. The zero-order valence-corrected chi connectivity index (χ0v) is 9.47. The van der Waals surface area contributed by atoms with Crippen LogP contribution in [0.15, 0.2) is 11.6 Å². The largest absolute Gasteiger partial charge is 0.371 e. The molecule has 1 aliphatic heterocycles. The summed E-state index contributed by atoms with van der Waals surface area (Å²) in [5.74, 6) is 1.17. The molecule has 1 saturated heterocycles. The molecule has 0 N–H and O–H groups in total. The summed E-state index contributed by atoms with van der Waals surface area (Å²) >= 11 is 5.85. The minimum absolute atomic E-state index is 0.311. The standard InChI is InChI=1S/C11H19ClO/c1-8(2)10(7-12)6-11-5-4-9(3)13-11/h6,8-9,11H,4-5,7H2,1-3H3. The highest BCUT2D eigenvalue weighted by Crippen LogP contribution is 2.23. The van der Waals surface area contributed by atoms with Crippen molar-refractivity contribution in [3.8, 4) is 0 Å². The van der Waals surface area contributed by atoms with Crippen molar-refractivity contribution >= 4 is 11.6 Å². The lowest BCUT2D eigenvalue weighted by atomic mass is 10.0. The van der Waals surface area contributed by atoms with Gasteiger partial charge in [-0.1, -0.05) is 25.5 Å². The molecule has 0 aliphatic carbocycles. The maximum Gasteiger partial charge on any atom is 0.0763 e. The SMILES string of the molecule is CC1CCC(C=C(CCl)C(C)C)O1. The van der Waals surface area contributed by atoms with Crippen LogP contribution in [-0.2, 0) is 4.74 Å². The van der Waals surface area contributed by atoms with E-state index in [1.807, 2.05) is 0 Å². The van der Waals surface area contributed by atoms with Crippen molar-refractivity contribution in [3.63, 3.8) is 0 Å². The lowest BCUT2D eigenvalue weighted by Gasteiger charge is -2.12. The molecule has 1 nitrogen and oxygen atoms in total. The average molecular weight is 203 g/mol. The maximum atomic E-state index is 5.85. The van der Waals surface area contributed by atoms with Gasteiger partial charge in [-0.25, -0.2) is 0 Å². The lowest BCUT2D eigenvalue weighted by Crippen LogP contribution is -2.08. The van der Waals surface area contributed by atoms with E-state index in [-0.39, 0.29) is 0 Å². The summed E-state index contributed by atoms with van der Waals surface area (Å²) in [5.41, 5.74) is 1.31. The Morgan fingerprint density at radius 3 is 2.62 bits per heavy atom. The van der Waals surface area contributed by atoms with Crippen LogP contribution in [0.1, 0.15) is 33.6 Å². The summed E-state index contributed by atoms with van der Waals surface area (Å²) in [4.78, 5) is 0. The number of rotatable bonds is 3. The third kappa shape index (κ3) is 3.32. The minimum atomic E-state index is 0.311. The number of ether oxygens (including phenoxy) is 1. The Bertz CT molecular complexity index is 187. The van der Waals surface area contributed by atoms with Gasteiger partial charge in [0.15, 0.2) is 0 Å². The van der Waals surface area contributed by atoms with Crippen LogP contribution in [0.4, 0.5) is 0 Å². The molecular weight excluding hydrogens is 184 g/mol. The molecule has 13 heavy (non-hydrogen) atoms. The Morgan fingerprint density at radius 1 is 1.54 bits per heavy atom. The van der Waals surface area contributed by atoms with Crippen molar-refractivity contribution in [2.45, 2.75) is 45.8 Å². The van der Waals surface area contributed by atoms with Gasteiger partial charge < -0.3 is 4.74 Å². The van der Waals surface area contributed by atoms with E-state index in [4.69, 9.17) is 16.3 Å².